The maximum atomic E-state index is 12.8. The highest BCUT2D eigenvalue weighted by Gasteiger charge is 2.20. The number of allylic oxidation sites excluding steroid dienone is 1. The molecule has 178 valence electrons. The number of nitrogens with zero attached hydrogens (tertiary/aromatic N) is 1. The fraction of sp³-hybridized carbons (Fsp3) is 0.565. The maximum Gasteiger partial charge on any atom is 0.254 e. The Balaban J connectivity index is 2.84. The van der Waals surface area contributed by atoms with Gasteiger partial charge in [0, 0.05) is 43.2 Å². The fourth-order valence-electron chi connectivity index (χ4n) is 3.20. The first-order chi connectivity index (χ1) is 14.9. The minimum atomic E-state index is -3.27. The van der Waals surface area contributed by atoms with E-state index in [-0.39, 0.29) is 42.9 Å². The van der Waals surface area contributed by atoms with E-state index in [2.05, 4.69) is 19.2 Å². The minimum Gasteiger partial charge on any atom is -0.347 e. The van der Waals surface area contributed by atoms with Gasteiger partial charge in [-0.15, -0.1) is 0 Å². The first-order valence-corrected chi connectivity index (χ1v) is 12.7. The van der Waals surface area contributed by atoms with Crippen LogP contribution in [0.5, 0.6) is 0 Å². The lowest BCUT2D eigenvalue weighted by atomic mass is 10.0. The van der Waals surface area contributed by atoms with Gasteiger partial charge < -0.3 is 9.88 Å². The zero-order valence-corrected chi connectivity index (χ0v) is 20.1. The van der Waals surface area contributed by atoms with E-state index < -0.39 is 27.3 Å². The van der Waals surface area contributed by atoms with Crippen LogP contribution in [0.3, 0.4) is 0 Å². The van der Waals surface area contributed by atoms with Gasteiger partial charge >= 0.3 is 0 Å². The van der Waals surface area contributed by atoms with E-state index in [1.165, 1.54) is 29.8 Å². The lowest BCUT2D eigenvalue weighted by Crippen LogP contribution is -2.41. The van der Waals surface area contributed by atoms with Crippen LogP contribution in [0.25, 0.3) is 0 Å². The molecule has 0 spiro atoms. The van der Waals surface area contributed by atoms with Crippen LogP contribution >= 0.6 is 0 Å². The molecule has 32 heavy (non-hydrogen) atoms. The molecule has 1 aromatic rings. The van der Waals surface area contributed by atoms with Crippen molar-refractivity contribution in [1.82, 2.24) is 9.88 Å². The van der Waals surface area contributed by atoms with Crippen molar-refractivity contribution in [2.75, 3.05) is 6.26 Å². The number of rotatable bonds is 14. The van der Waals surface area contributed by atoms with Crippen LogP contribution in [0.15, 0.2) is 34.6 Å². The summed E-state index contributed by atoms with van der Waals surface area (Å²) in [5.74, 6) is -0.276. The van der Waals surface area contributed by atoms with Crippen molar-refractivity contribution in [3.8, 4) is 0 Å². The van der Waals surface area contributed by atoms with E-state index in [9.17, 15) is 27.6 Å². The standard InChI is InChI=1S/C23H34N2O6S/c1-17(2)9-7-11-20(27)16-25-13-8-10-19(23(25)29)15-22(28)21(24-18(3)26)12-5-6-14-32(4,30)31/h6,8,10,13-14,17,21H,5,7,9,11-12,15-16H2,1-4H3,(H,24,26)/b14-6+/t21-/m0/s1. The van der Waals surface area contributed by atoms with Gasteiger partial charge in [0.15, 0.2) is 21.4 Å². The second-order valence-electron chi connectivity index (χ2n) is 8.47. The zero-order chi connectivity index (χ0) is 24.3. The number of Topliss-reactive ketones (excluding diaryl/α,β-unsaturated/α-hetero) is 2. The summed E-state index contributed by atoms with van der Waals surface area (Å²) in [4.78, 5) is 49.2. The summed E-state index contributed by atoms with van der Waals surface area (Å²) in [5, 5.41) is 3.61. The van der Waals surface area contributed by atoms with Gasteiger partial charge in [0.25, 0.3) is 5.56 Å². The Morgan fingerprint density at radius 3 is 2.47 bits per heavy atom. The predicted molar refractivity (Wildman–Crippen MR) is 124 cm³/mol. The van der Waals surface area contributed by atoms with Gasteiger partial charge in [-0.05, 0) is 31.2 Å². The van der Waals surface area contributed by atoms with Crippen LogP contribution in [0, 0.1) is 5.92 Å². The number of nitrogens with one attached hydrogen (secondary N) is 1. The van der Waals surface area contributed by atoms with Crippen molar-refractivity contribution in [3.05, 3.63) is 45.7 Å². The number of carbonyl (C=O) groups excluding carboxylic acids is 3. The van der Waals surface area contributed by atoms with Gasteiger partial charge in [0.2, 0.25) is 5.91 Å². The number of carbonyl (C=O) groups is 3. The van der Waals surface area contributed by atoms with Gasteiger partial charge in [0.05, 0.1) is 12.6 Å². The van der Waals surface area contributed by atoms with Crippen molar-refractivity contribution in [2.45, 2.75) is 71.9 Å². The highest BCUT2D eigenvalue weighted by Crippen LogP contribution is 2.08. The molecule has 0 aromatic carbocycles. The fourth-order valence-corrected chi connectivity index (χ4v) is 3.68. The smallest absolute Gasteiger partial charge is 0.254 e. The Hall–Kier alpha value is -2.55. The largest absolute Gasteiger partial charge is 0.347 e. The van der Waals surface area contributed by atoms with Crippen molar-refractivity contribution in [1.29, 1.82) is 0 Å². The number of ketones is 2. The quantitative estimate of drug-likeness (QED) is 0.449. The Labute approximate surface area is 190 Å². The normalized spacial score (nSPS) is 12.8. The second kappa shape index (κ2) is 13.1. The first kappa shape index (κ1) is 27.5. The molecule has 8 nitrogen and oxygen atoms in total. The summed E-state index contributed by atoms with van der Waals surface area (Å²) in [6, 6.07) is 2.31. The van der Waals surface area contributed by atoms with Gasteiger partial charge in [-0.25, -0.2) is 8.42 Å². The molecule has 0 aliphatic carbocycles. The third-order valence-electron chi connectivity index (χ3n) is 4.78. The van der Waals surface area contributed by atoms with E-state index in [1.807, 2.05) is 0 Å². The molecule has 1 aromatic heterocycles. The number of pyridine rings is 1. The van der Waals surface area contributed by atoms with Crippen LogP contribution < -0.4 is 10.9 Å². The molecule has 1 atom stereocenters. The summed E-state index contributed by atoms with van der Waals surface area (Å²) in [6.45, 7) is 5.43. The number of amides is 1. The first-order valence-electron chi connectivity index (χ1n) is 10.8. The molecule has 0 radical (unpaired) electrons. The minimum absolute atomic E-state index is 0.0370. The summed E-state index contributed by atoms with van der Waals surface area (Å²) in [6.07, 6.45) is 6.43. The highest BCUT2D eigenvalue weighted by molar-refractivity contribution is 7.93. The lowest BCUT2D eigenvalue weighted by molar-refractivity contribution is -0.126. The Morgan fingerprint density at radius 1 is 1.19 bits per heavy atom. The molecular formula is C23H34N2O6S. The molecule has 0 saturated heterocycles. The maximum absolute atomic E-state index is 12.8. The monoisotopic (exact) mass is 466 g/mol. The number of hydrogen-bond donors (Lipinski definition) is 1. The van der Waals surface area contributed by atoms with Gasteiger partial charge in [-0.1, -0.05) is 32.4 Å². The van der Waals surface area contributed by atoms with E-state index in [4.69, 9.17) is 0 Å². The lowest BCUT2D eigenvalue weighted by Gasteiger charge is -2.16. The molecule has 0 bridgehead atoms. The molecule has 0 unspecified atom stereocenters. The second-order valence-corrected chi connectivity index (χ2v) is 10.4. The van der Waals surface area contributed by atoms with Gasteiger partial charge in [-0.2, -0.15) is 0 Å². The molecular weight excluding hydrogens is 432 g/mol. The molecule has 9 heteroatoms. The number of aromatic nitrogens is 1. The number of sulfone groups is 1. The van der Waals surface area contributed by atoms with E-state index in [0.717, 1.165) is 24.5 Å². The summed E-state index contributed by atoms with van der Waals surface area (Å²) < 4.78 is 23.7. The molecule has 0 saturated carbocycles. The van der Waals surface area contributed by atoms with Gasteiger partial charge in [-0.3, -0.25) is 19.2 Å². The van der Waals surface area contributed by atoms with Crippen LogP contribution in [-0.4, -0.2) is 42.8 Å². The Bertz CT molecular complexity index is 992. The summed E-state index contributed by atoms with van der Waals surface area (Å²) in [5.41, 5.74) is -0.161. The van der Waals surface area contributed by atoms with Crippen molar-refractivity contribution in [2.24, 2.45) is 5.92 Å². The van der Waals surface area contributed by atoms with Crippen LogP contribution in [0.4, 0.5) is 0 Å². The third-order valence-corrected chi connectivity index (χ3v) is 5.47. The Morgan fingerprint density at radius 2 is 1.88 bits per heavy atom. The molecule has 1 rings (SSSR count). The Kier molecular flexibility index (Phi) is 11.3. The topological polar surface area (TPSA) is 119 Å². The average molecular weight is 467 g/mol. The molecule has 0 aliphatic heterocycles. The van der Waals surface area contributed by atoms with Crippen LogP contribution in [-0.2, 0) is 37.2 Å². The molecule has 1 heterocycles. The van der Waals surface area contributed by atoms with Crippen LogP contribution in [0.1, 0.15) is 58.4 Å². The van der Waals surface area contributed by atoms with Crippen molar-refractivity contribution >= 4 is 27.3 Å². The molecule has 1 amide bonds. The molecule has 0 fully saturated rings. The van der Waals surface area contributed by atoms with E-state index in [0.29, 0.717) is 12.3 Å². The van der Waals surface area contributed by atoms with Gasteiger partial charge in [0.1, 0.15) is 0 Å². The van der Waals surface area contributed by atoms with Crippen molar-refractivity contribution < 1.29 is 22.8 Å². The van der Waals surface area contributed by atoms with Crippen LogP contribution in [0.2, 0.25) is 0 Å². The zero-order valence-electron chi connectivity index (χ0n) is 19.3. The molecule has 0 aliphatic rings. The highest BCUT2D eigenvalue weighted by atomic mass is 32.2. The SMILES string of the molecule is CC(=O)N[C@@H](CC/C=C/S(C)(=O)=O)C(=O)Cc1cccn(CC(=O)CCCC(C)C)c1=O. The summed E-state index contributed by atoms with van der Waals surface area (Å²) >= 11 is 0. The van der Waals surface area contributed by atoms with E-state index in [1.54, 1.807) is 6.07 Å². The molecule has 1 N–H and O–H groups in total. The van der Waals surface area contributed by atoms with Crippen molar-refractivity contribution in [3.63, 3.8) is 0 Å². The predicted octanol–water partition coefficient (Wildman–Crippen LogP) is 2.20. The third kappa shape index (κ3) is 11.2. The summed E-state index contributed by atoms with van der Waals surface area (Å²) in [7, 11) is -3.27. The number of hydrogen-bond acceptors (Lipinski definition) is 6. The average Bonchev–Trinajstić information content (AvgIpc) is 2.66. The van der Waals surface area contributed by atoms with E-state index >= 15 is 0 Å².